The summed E-state index contributed by atoms with van der Waals surface area (Å²) in [6, 6.07) is 1.88. The average molecular weight is 381 g/mol. The van der Waals surface area contributed by atoms with Gasteiger partial charge in [-0.15, -0.1) is 13.2 Å². The van der Waals surface area contributed by atoms with Gasteiger partial charge in [-0.2, -0.15) is 0 Å². The van der Waals surface area contributed by atoms with E-state index in [1.165, 1.54) is 0 Å². The number of amides is 1. The van der Waals surface area contributed by atoms with Gasteiger partial charge in [-0.25, -0.2) is 0 Å². The first-order chi connectivity index (χ1) is 11.6. The van der Waals surface area contributed by atoms with Crippen LogP contribution in [0.25, 0.3) is 0 Å². The predicted molar refractivity (Wildman–Crippen MR) is 82.0 cm³/mol. The van der Waals surface area contributed by atoms with E-state index in [0.29, 0.717) is 12.8 Å². The van der Waals surface area contributed by atoms with E-state index in [0.717, 1.165) is 18.2 Å². The SMILES string of the molecule is NC(=O)C1CCN(C(C(=O)O)c2cc(OC(F)(F)F)ccc2Cl)CC1. The van der Waals surface area contributed by atoms with Crippen molar-refractivity contribution >= 4 is 23.5 Å². The van der Waals surface area contributed by atoms with E-state index >= 15 is 0 Å². The third-order valence-electron chi connectivity index (χ3n) is 4.03. The van der Waals surface area contributed by atoms with E-state index in [4.69, 9.17) is 17.3 Å². The molecule has 0 aromatic heterocycles. The molecule has 1 atom stereocenters. The topological polar surface area (TPSA) is 92.9 Å². The number of halogens is 4. The molecule has 2 rings (SSSR count). The number of primary amides is 1. The van der Waals surface area contributed by atoms with Crippen molar-refractivity contribution < 1.29 is 32.6 Å². The molecule has 0 radical (unpaired) electrons. The lowest BCUT2D eigenvalue weighted by Gasteiger charge is -2.35. The number of likely N-dealkylation sites (tertiary alicyclic amines) is 1. The van der Waals surface area contributed by atoms with Crippen LogP contribution in [0.5, 0.6) is 5.75 Å². The van der Waals surface area contributed by atoms with Crippen molar-refractivity contribution in [3.8, 4) is 5.75 Å². The molecule has 0 spiro atoms. The normalized spacial score (nSPS) is 17.9. The monoisotopic (exact) mass is 380 g/mol. The largest absolute Gasteiger partial charge is 0.573 e. The molecule has 25 heavy (non-hydrogen) atoms. The molecular formula is C15H16ClF3N2O4. The zero-order valence-corrected chi connectivity index (χ0v) is 13.7. The van der Waals surface area contributed by atoms with Crippen LogP contribution < -0.4 is 10.5 Å². The molecule has 1 fully saturated rings. The van der Waals surface area contributed by atoms with Gasteiger partial charge in [0, 0.05) is 29.6 Å². The summed E-state index contributed by atoms with van der Waals surface area (Å²) in [6.07, 6.45) is -4.16. The first-order valence-electron chi connectivity index (χ1n) is 7.40. The van der Waals surface area contributed by atoms with E-state index in [9.17, 15) is 27.9 Å². The Labute approximate surface area is 146 Å². The van der Waals surface area contributed by atoms with Crippen molar-refractivity contribution in [1.82, 2.24) is 4.90 Å². The van der Waals surface area contributed by atoms with E-state index in [2.05, 4.69) is 4.74 Å². The molecule has 1 aromatic carbocycles. The Morgan fingerprint density at radius 3 is 2.40 bits per heavy atom. The lowest BCUT2D eigenvalue weighted by molar-refractivity contribution is -0.274. The Hall–Kier alpha value is -2.00. The van der Waals surface area contributed by atoms with Gasteiger partial charge in [-0.3, -0.25) is 14.5 Å². The molecule has 0 aliphatic carbocycles. The maximum Gasteiger partial charge on any atom is 0.573 e. The molecule has 6 nitrogen and oxygen atoms in total. The lowest BCUT2D eigenvalue weighted by Crippen LogP contribution is -2.43. The summed E-state index contributed by atoms with van der Waals surface area (Å²) in [5.41, 5.74) is 5.24. The van der Waals surface area contributed by atoms with E-state index in [1.54, 1.807) is 4.90 Å². The summed E-state index contributed by atoms with van der Waals surface area (Å²) in [4.78, 5) is 24.5. The minimum absolute atomic E-state index is 0.00607. The van der Waals surface area contributed by atoms with Crippen molar-refractivity contribution in [1.29, 1.82) is 0 Å². The molecular weight excluding hydrogens is 365 g/mol. The van der Waals surface area contributed by atoms with Crippen LogP contribution in [0.15, 0.2) is 18.2 Å². The standard InChI is InChI=1S/C15H16ClF3N2O4/c16-11-2-1-9(25-15(17,18)19)7-10(11)12(14(23)24)21-5-3-8(4-6-21)13(20)22/h1-2,7-8,12H,3-6H2,(H2,20,22)(H,23,24). The van der Waals surface area contributed by atoms with Crippen LogP contribution in [-0.4, -0.2) is 41.3 Å². The van der Waals surface area contributed by atoms with Gasteiger partial charge >= 0.3 is 12.3 Å². The quantitative estimate of drug-likeness (QED) is 0.819. The fourth-order valence-electron chi connectivity index (χ4n) is 2.86. The number of nitrogens with zero attached hydrogens (tertiary/aromatic N) is 1. The first-order valence-corrected chi connectivity index (χ1v) is 7.77. The number of carboxylic acids is 1. The molecule has 0 bridgehead atoms. The number of piperidine rings is 1. The molecule has 1 amide bonds. The highest BCUT2D eigenvalue weighted by molar-refractivity contribution is 6.31. The minimum Gasteiger partial charge on any atom is -0.480 e. The van der Waals surface area contributed by atoms with Crippen LogP contribution in [0, 0.1) is 5.92 Å². The van der Waals surface area contributed by atoms with Gasteiger partial charge in [0.05, 0.1) is 0 Å². The number of carbonyl (C=O) groups excluding carboxylic acids is 1. The van der Waals surface area contributed by atoms with Crippen molar-refractivity contribution in [3.05, 3.63) is 28.8 Å². The molecule has 10 heteroatoms. The summed E-state index contributed by atoms with van der Waals surface area (Å²) >= 11 is 6.00. The fourth-order valence-corrected chi connectivity index (χ4v) is 3.08. The highest BCUT2D eigenvalue weighted by Gasteiger charge is 2.35. The Bertz CT molecular complexity index is 661. The molecule has 1 aliphatic heterocycles. The molecule has 1 aliphatic rings. The van der Waals surface area contributed by atoms with Gasteiger partial charge in [0.2, 0.25) is 5.91 Å². The number of hydrogen-bond acceptors (Lipinski definition) is 4. The molecule has 1 aromatic rings. The van der Waals surface area contributed by atoms with Crippen molar-refractivity contribution in [2.45, 2.75) is 25.2 Å². The van der Waals surface area contributed by atoms with E-state index in [1.807, 2.05) is 0 Å². The molecule has 1 saturated heterocycles. The third-order valence-corrected chi connectivity index (χ3v) is 4.37. The van der Waals surface area contributed by atoms with Gasteiger partial charge in [0.25, 0.3) is 0 Å². The second kappa shape index (κ2) is 7.49. The smallest absolute Gasteiger partial charge is 0.480 e. The molecule has 138 valence electrons. The number of benzene rings is 1. The number of aliphatic carboxylic acids is 1. The van der Waals surface area contributed by atoms with Gasteiger partial charge < -0.3 is 15.6 Å². The van der Waals surface area contributed by atoms with Gasteiger partial charge in [0.15, 0.2) is 0 Å². The summed E-state index contributed by atoms with van der Waals surface area (Å²) in [6.45, 7) is 0.510. The summed E-state index contributed by atoms with van der Waals surface area (Å²) in [7, 11) is 0. The molecule has 1 heterocycles. The van der Waals surface area contributed by atoms with Crippen LogP contribution in [-0.2, 0) is 9.59 Å². The zero-order chi connectivity index (χ0) is 18.8. The maximum atomic E-state index is 12.4. The maximum absolute atomic E-state index is 12.4. The fraction of sp³-hybridized carbons (Fsp3) is 0.467. The van der Waals surface area contributed by atoms with Gasteiger partial charge in [-0.05, 0) is 31.0 Å². The van der Waals surface area contributed by atoms with Crippen LogP contribution in [0.1, 0.15) is 24.4 Å². The molecule has 0 saturated carbocycles. The Morgan fingerprint density at radius 2 is 1.92 bits per heavy atom. The van der Waals surface area contributed by atoms with Crippen LogP contribution in [0.3, 0.4) is 0 Å². The summed E-state index contributed by atoms with van der Waals surface area (Å²) in [5.74, 6) is -2.61. The zero-order valence-electron chi connectivity index (χ0n) is 12.9. The summed E-state index contributed by atoms with van der Waals surface area (Å²) < 4.78 is 41.0. The number of ether oxygens (including phenoxy) is 1. The summed E-state index contributed by atoms with van der Waals surface area (Å²) in [5, 5.41) is 9.56. The number of hydrogen-bond donors (Lipinski definition) is 2. The number of carbonyl (C=O) groups is 2. The Balaban J connectivity index is 2.27. The molecule has 1 unspecified atom stereocenters. The predicted octanol–water partition coefficient (Wildman–Crippen LogP) is 2.56. The number of carboxylic acid groups (broad SMARTS) is 1. The van der Waals surface area contributed by atoms with Gasteiger partial charge in [0.1, 0.15) is 11.8 Å². The van der Waals surface area contributed by atoms with Crippen molar-refractivity contribution in [2.24, 2.45) is 11.7 Å². The van der Waals surface area contributed by atoms with Crippen LogP contribution in [0.2, 0.25) is 5.02 Å². The van der Waals surface area contributed by atoms with Crippen molar-refractivity contribution in [3.63, 3.8) is 0 Å². The minimum atomic E-state index is -4.90. The second-order valence-corrected chi connectivity index (χ2v) is 6.09. The average Bonchev–Trinajstić information content (AvgIpc) is 2.49. The number of alkyl halides is 3. The Kier molecular flexibility index (Phi) is 5.79. The lowest BCUT2D eigenvalue weighted by atomic mass is 9.93. The molecule has 3 N–H and O–H groups in total. The number of rotatable bonds is 5. The Morgan fingerprint density at radius 1 is 1.32 bits per heavy atom. The highest BCUT2D eigenvalue weighted by atomic mass is 35.5. The second-order valence-electron chi connectivity index (χ2n) is 5.68. The van der Waals surface area contributed by atoms with Crippen LogP contribution >= 0.6 is 11.6 Å². The third kappa shape index (κ3) is 4.99. The first kappa shape index (κ1) is 19.3. The highest BCUT2D eigenvalue weighted by Crippen LogP contribution is 2.35. The van der Waals surface area contributed by atoms with Crippen molar-refractivity contribution in [2.75, 3.05) is 13.1 Å². The van der Waals surface area contributed by atoms with E-state index < -0.39 is 30.0 Å². The van der Waals surface area contributed by atoms with Crippen LogP contribution in [0.4, 0.5) is 13.2 Å². The van der Waals surface area contributed by atoms with E-state index in [-0.39, 0.29) is 29.6 Å². The number of nitrogens with two attached hydrogens (primary N) is 1. The van der Waals surface area contributed by atoms with Gasteiger partial charge in [-0.1, -0.05) is 11.6 Å².